The SMILES string of the molecule is Cc1ccc(Sc2ccccc2C2CCNCC2)cc1.Cl. The van der Waals surface area contributed by atoms with E-state index in [9.17, 15) is 0 Å². The summed E-state index contributed by atoms with van der Waals surface area (Å²) < 4.78 is 0. The first-order valence-corrected chi connectivity index (χ1v) is 8.19. The number of rotatable bonds is 3. The maximum absolute atomic E-state index is 3.45. The number of hydrogen-bond acceptors (Lipinski definition) is 2. The molecule has 0 amide bonds. The summed E-state index contributed by atoms with van der Waals surface area (Å²) in [6.45, 7) is 4.43. The lowest BCUT2D eigenvalue weighted by atomic mass is 9.90. The van der Waals surface area contributed by atoms with E-state index in [-0.39, 0.29) is 12.4 Å². The van der Waals surface area contributed by atoms with Crippen LogP contribution in [0.15, 0.2) is 58.3 Å². The van der Waals surface area contributed by atoms with Gasteiger partial charge in [0.25, 0.3) is 0 Å². The standard InChI is InChI=1S/C18H21NS.ClH/c1-14-6-8-16(9-7-14)20-18-5-3-2-4-17(18)15-10-12-19-13-11-15;/h2-9,15,19H,10-13H2,1H3;1H. The quantitative estimate of drug-likeness (QED) is 0.851. The van der Waals surface area contributed by atoms with Crippen LogP contribution in [-0.2, 0) is 0 Å². The number of benzene rings is 2. The predicted molar refractivity (Wildman–Crippen MR) is 93.8 cm³/mol. The zero-order valence-electron chi connectivity index (χ0n) is 12.3. The van der Waals surface area contributed by atoms with Crippen LogP contribution >= 0.6 is 24.2 Å². The smallest absolute Gasteiger partial charge is 0.0157 e. The molecule has 1 N–H and O–H groups in total. The molecule has 0 aliphatic carbocycles. The van der Waals surface area contributed by atoms with Crippen LogP contribution in [-0.4, -0.2) is 13.1 Å². The Kier molecular flexibility index (Phi) is 6.16. The second-order valence-electron chi connectivity index (χ2n) is 5.48. The Morgan fingerprint density at radius 2 is 1.62 bits per heavy atom. The Labute approximate surface area is 137 Å². The average Bonchev–Trinajstić information content (AvgIpc) is 2.51. The molecule has 1 saturated heterocycles. The van der Waals surface area contributed by atoms with Gasteiger partial charge in [-0.05, 0) is 62.5 Å². The minimum Gasteiger partial charge on any atom is -0.317 e. The summed E-state index contributed by atoms with van der Waals surface area (Å²) in [6, 6.07) is 17.7. The highest BCUT2D eigenvalue weighted by molar-refractivity contribution is 7.99. The summed E-state index contributed by atoms with van der Waals surface area (Å²) >= 11 is 1.90. The average molecular weight is 320 g/mol. The molecule has 1 fully saturated rings. The first-order valence-electron chi connectivity index (χ1n) is 7.37. The fraction of sp³-hybridized carbons (Fsp3) is 0.333. The van der Waals surface area contributed by atoms with Crippen LogP contribution in [0.2, 0.25) is 0 Å². The van der Waals surface area contributed by atoms with Gasteiger partial charge in [0.2, 0.25) is 0 Å². The summed E-state index contributed by atoms with van der Waals surface area (Å²) in [6.07, 6.45) is 2.51. The van der Waals surface area contributed by atoms with Crippen molar-refractivity contribution >= 4 is 24.2 Å². The lowest BCUT2D eigenvalue weighted by Gasteiger charge is -2.24. The van der Waals surface area contributed by atoms with Gasteiger partial charge < -0.3 is 5.32 Å². The van der Waals surface area contributed by atoms with Gasteiger partial charge in [0.1, 0.15) is 0 Å². The van der Waals surface area contributed by atoms with E-state index in [0.717, 1.165) is 13.1 Å². The van der Waals surface area contributed by atoms with E-state index in [1.165, 1.54) is 33.8 Å². The van der Waals surface area contributed by atoms with Gasteiger partial charge in [0.05, 0.1) is 0 Å². The molecular formula is C18H22ClNS. The summed E-state index contributed by atoms with van der Waals surface area (Å²) in [5.74, 6) is 0.713. The molecule has 1 aliphatic rings. The largest absolute Gasteiger partial charge is 0.317 e. The van der Waals surface area contributed by atoms with E-state index in [4.69, 9.17) is 0 Å². The second-order valence-corrected chi connectivity index (χ2v) is 6.59. The van der Waals surface area contributed by atoms with Gasteiger partial charge in [-0.1, -0.05) is 47.7 Å². The second kappa shape index (κ2) is 7.88. The molecule has 0 saturated carbocycles. The molecule has 0 unspecified atom stereocenters. The van der Waals surface area contributed by atoms with Crippen molar-refractivity contribution in [1.29, 1.82) is 0 Å². The van der Waals surface area contributed by atoms with Crippen molar-refractivity contribution in [1.82, 2.24) is 5.32 Å². The molecule has 1 aliphatic heterocycles. The highest BCUT2D eigenvalue weighted by Crippen LogP contribution is 2.36. The minimum absolute atomic E-state index is 0. The first kappa shape index (κ1) is 16.4. The van der Waals surface area contributed by atoms with Crippen LogP contribution in [0.3, 0.4) is 0 Å². The summed E-state index contributed by atoms with van der Waals surface area (Å²) in [7, 11) is 0. The molecule has 112 valence electrons. The molecule has 1 nitrogen and oxygen atoms in total. The van der Waals surface area contributed by atoms with Gasteiger partial charge in [0, 0.05) is 9.79 Å². The van der Waals surface area contributed by atoms with Gasteiger partial charge in [-0.2, -0.15) is 0 Å². The maximum Gasteiger partial charge on any atom is 0.0157 e. The van der Waals surface area contributed by atoms with Gasteiger partial charge in [0.15, 0.2) is 0 Å². The lowest BCUT2D eigenvalue weighted by Crippen LogP contribution is -2.26. The molecule has 2 aromatic carbocycles. The van der Waals surface area contributed by atoms with Crippen molar-refractivity contribution in [3.05, 3.63) is 59.7 Å². The predicted octanol–water partition coefficient (Wildman–Crippen LogP) is 5.04. The zero-order valence-corrected chi connectivity index (χ0v) is 14.0. The zero-order chi connectivity index (χ0) is 13.8. The number of hydrogen-bond donors (Lipinski definition) is 1. The van der Waals surface area contributed by atoms with Crippen LogP contribution in [0.5, 0.6) is 0 Å². The van der Waals surface area contributed by atoms with Crippen molar-refractivity contribution in [3.63, 3.8) is 0 Å². The van der Waals surface area contributed by atoms with Crippen LogP contribution in [0.4, 0.5) is 0 Å². The van der Waals surface area contributed by atoms with E-state index in [2.05, 4.69) is 60.8 Å². The monoisotopic (exact) mass is 319 g/mol. The van der Waals surface area contributed by atoms with Gasteiger partial charge in [-0.15, -0.1) is 12.4 Å². The molecule has 3 heteroatoms. The third-order valence-corrected chi connectivity index (χ3v) is 5.05. The molecule has 0 spiro atoms. The normalized spacial score (nSPS) is 15.5. The van der Waals surface area contributed by atoms with Crippen LogP contribution in [0, 0.1) is 6.92 Å². The Morgan fingerprint density at radius 3 is 2.33 bits per heavy atom. The van der Waals surface area contributed by atoms with Gasteiger partial charge in [-0.25, -0.2) is 0 Å². The van der Waals surface area contributed by atoms with Crippen molar-refractivity contribution in [2.75, 3.05) is 13.1 Å². The van der Waals surface area contributed by atoms with Crippen molar-refractivity contribution < 1.29 is 0 Å². The number of nitrogens with one attached hydrogen (secondary N) is 1. The number of aryl methyl sites for hydroxylation is 1. The summed E-state index contributed by atoms with van der Waals surface area (Å²) in [5, 5.41) is 3.45. The molecule has 2 aromatic rings. The summed E-state index contributed by atoms with van der Waals surface area (Å²) in [4.78, 5) is 2.75. The molecular weight excluding hydrogens is 298 g/mol. The Hall–Kier alpha value is -0.960. The highest BCUT2D eigenvalue weighted by Gasteiger charge is 2.18. The number of halogens is 1. The first-order chi connectivity index (χ1) is 9.83. The fourth-order valence-electron chi connectivity index (χ4n) is 2.78. The van der Waals surface area contributed by atoms with E-state index in [1.54, 1.807) is 0 Å². The van der Waals surface area contributed by atoms with Gasteiger partial charge in [-0.3, -0.25) is 0 Å². The molecule has 21 heavy (non-hydrogen) atoms. The van der Waals surface area contributed by atoms with Crippen LogP contribution in [0.25, 0.3) is 0 Å². The van der Waals surface area contributed by atoms with Crippen molar-refractivity contribution in [2.45, 2.75) is 35.5 Å². The molecule has 0 radical (unpaired) electrons. The topological polar surface area (TPSA) is 12.0 Å². The van der Waals surface area contributed by atoms with Crippen molar-refractivity contribution in [2.24, 2.45) is 0 Å². The van der Waals surface area contributed by atoms with Crippen LogP contribution < -0.4 is 5.32 Å². The van der Waals surface area contributed by atoms with E-state index in [0.29, 0.717) is 5.92 Å². The lowest BCUT2D eigenvalue weighted by molar-refractivity contribution is 0.456. The third-order valence-electron chi connectivity index (χ3n) is 3.95. The Morgan fingerprint density at radius 1 is 0.952 bits per heavy atom. The molecule has 0 atom stereocenters. The molecule has 0 bridgehead atoms. The summed E-state index contributed by atoms with van der Waals surface area (Å²) in [5.41, 5.74) is 2.85. The highest BCUT2D eigenvalue weighted by atomic mass is 35.5. The van der Waals surface area contributed by atoms with Gasteiger partial charge >= 0.3 is 0 Å². The Bertz CT molecular complexity index is 562. The van der Waals surface area contributed by atoms with E-state index >= 15 is 0 Å². The number of piperidine rings is 1. The Balaban J connectivity index is 0.00000161. The minimum atomic E-state index is 0. The molecule has 1 heterocycles. The molecule has 0 aromatic heterocycles. The van der Waals surface area contributed by atoms with Crippen LogP contribution in [0.1, 0.15) is 29.9 Å². The fourth-order valence-corrected chi connectivity index (χ4v) is 3.80. The third kappa shape index (κ3) is 4.26. The van der Waals surface area contributed by atoms with E-state index in [1.807, 2.05) is 11.8 Å². The maximum atomic E-state index is 3.45. The molecule has 3 rings (SSSR count). The van der Waals surface area contributed by atoms with E-state index < -0.39 is 0 Å². The van der Waals surface area contributed by atoms with Crippen molar-refractivity contribution in [3.8, 4) is 0 Å².